The van der Waals surface area contributed by atoms with Gasteiger partial charge in [-0.25, -0.2) is 4.98 Å². The van der Waals surface area contributed by atoms with Crippen molar-refractivity contribution in [2.75, 3.05) is 6.54 Å². The van der Waals surface area contributed by atoms with Crippen molar-refractivity contribution in [1.82, 2.24) is 19.7 Å². The first-order valence-corrected chi connectivity index (χ1v) is 10.1. The van der Waals surface area contributed by atoms with Gasteiger partial charge in [0, 0.05) is 11.9 Å². The predicted molar refractivity (Wildman–Crippen MR) is 109 cm³/mol. The van der Waals surface area contributed by atoms with Crippen LogP contribution in [0.15, 0.2) is 59.5 Å². The van der Waals surface area contributed by atoms with Crippen LogP contribution in [0.5, 0.6) is 0 Å². The third-order valence-corrected chi connectivity index (χ3v) is 6.35. The molecule has 1 fully saturated rings. The molecule has 6 nitrogen and oxygen atoms in total. The van der Waals surface area contributed by atoms with Gasteiger partial charge < -0.3 is 4.90 Å². The van der Waals surface area contributed by atoms with Crippen LogP contribution in [0, 0.1) is 0 Å². The van der Waals surface area contributed by atoms with Gasteiger partial charge in [0.1, 0.15) is 11.6 Å². The summed E-state index contributed by atoms with van der Waals surface area (Å²) in [6, 6.07) is 15.3. The molecule has 0 saturated carbocycles. The molecule has 2 aromatic carbocycles. The van der Waals surface area contributed by atoms with Crippen molar-refractivity contribution in [1.29, 1.82) is 0 Å². The van der Waals surface area contributed by atoms with Gasteiger partial charge in [-0.2, -0.15) is 5.10 Å². The largest absolute Gasteiger partial charge is 0.332 e. The molecule has 7 heteroatoms. The van der Waals surface area contributed by atoms with Gasteiger partial charge >= 0.3 is 0 Å². The minimum atomic E-state index is -0.132. The summed E-state index contributed by atoms with van der Waals surface area (Å²) < 4.78 is 2.76. The minimum absolute atomic E-state index is 0.00283. The number of rotatable bonds is 3. The molecule has 4 aromatic rings. The number of para-hydroxylation sites is 2. The molecule has 5 rings (SSSR count). The number of thiazole rings is 1. The molecular formula is C21H18N4O2S. The van der Waals surface area contributed by atoms with Crippen LogP contribution in [-0.4, -0.2) is 32.1 Å². The summed E-state index contributed by atoms with van der Waals surface area (Å²) in [6.07, 6.45) is 3.17. The van der Waals surface area contributed by atoms with E-state index in [1.165, 1.54) is 6.20 Å². The number of carbonyl (C=O) groups excluding carboxylic acids is 1. The van der Waals surface area contributed by atoms with E-state index >= 15 is 0 Å². The fourth-order valence-electron chi connectivity index (χ4n) is 3.86. The molecule has 1 aliphatic rings. The Labute approximate surface area is 165 Å². The van der Waals surface area contributed by atoms with Crippen molar-refractivity contribution in [2.45, 2.75) is 25.4 Å². The van der Waals surface area contributed by atoms with Gasteiger partial charge in [-0.05, 0) is 37.1 Å². The van der Waals surface area contributed by atoms with Gasteiger partial charge in [-0.3, -0.25) is 14.3 Å². The Morgan fingerprint density at radius 2 is 1.96 bits per heavy atom. The second-order valence-electron chi connectivity index (χ2n) is 6.95. The normalized spacial score (nSPS) is 16.9. The third kappa shape index (κ3) is 2.88. The van der Waals surface area contributed by atoms with Gasteiger partial charge in [0.05, 0.1) is 28.0 Å². The smallest absolute Gasteiger partial charge is 0.244 e. The second kappa shape index (κ2) is 6.83. The zero-order valence-electron chi connectivity index (χ0n) is 15.1. The predicted octanol–water partition coefficient (Wildman–Crippen LogP) is 3.37. The number of nitrogens with zero attached hydrogens (tertiary/aromatic N) is 4. The topological polar surface area (TPSA) is 68.1 Å². The molecule has 0 N–H and O–H groups in total. The highest BCUT2D eigenvalue weighted by atomic mass is 32.1. The maximum Gasteiger partial charge on any atom is 0.244 e. The Kier molecular flexibility index (Phi) is 4.16. The molecule has 2 aromatic heterocycles. The quantitative estimate of drug-likeness (QED) is 0.538. The minimum Gasteiger partial charge on any atom is -0.332 e. The van der Waals surface area contributed by atoms with E-state index in [4.69, 9.17) is 4.98 Å². The molecular weight excluding hydrogens is 372 g/mol. The lowest BCUT2D eigenvalue weighted by Gasteiger charge is -2.23. The van der Waals surface area contributed by atoms with Crippen LogP contribution >= 0.6 is 11.3 Å². The van der Waals surface area contributed by atoms with Gasteiger partial charge in [0.15, 0.2) is 0 Å². The maximum absolute atomic E-state index is 13.1. The van der Waals surface area contributed by atoms with E-state index in [2.05, 4.69) is 11.2 Å². The molecule has 28 heavy (non-hydrogen) atoms. The first-order chi connectivity index (χ1) is 13.7. The van der Waals surface area contributed by atoms with Crippen molar-refractivity contribution in [3.05, 3.63) is 70.0 Å². The number of likely N-dealkylation sites (tertiary alicyclic amines) is 1. The third-order valence-electron chi connectivity index (χ3n) is 5.22. The molecule has 140 valence electrons. The Morgan fingerprint density at radius 1 is 1.14 bits per heavy atom. The summed E-state index contributed by atoms with van der Waals surface area (Å²) in [5.74, 6) is 0.00283. The average molecular weight is 390 g/mol. The first-order valence-electron chi connectivity index (χ1n) is 9.30. The lowest BCUT2D eigenvalue weighted by molar-refractivity contribution is -0.132. The van der Waals surface area contributed by atoms with Crippen LogP contribution < -0.4 is 5.43 Å². The van der Waals surface area contributed by atoms with E-state index in [-0.39, 0.29) is 23.9 Å². The van der Waals surface area contributed by atoms with E-state index in [1.807, 2.05) is 41.3 Å². The zero-order chi connectivity index (χ0) is 19.1. The number of hydrogen-bond acceptors (Lipinski definition) is 5. The number of benzene rings is 2. The van der Waals surface area contributed by atoms with E-state index < -0.39 is 0 Å². The molecule has 0 radical (unpaired) electrons. The Balaban J connectivity index is 1.45. The Hall–Kier alpha value is -3.06. The fourth-order valence-corrected chi connectivity index (χ4v) is 4.98. The Bertz CT molecular complexity index is 1210. The van der Waals surface area contributed by atoms with Crippen molar-refractivity contribution < 1.29 is 4.79 Å². The van der Waals surface area contributed by atoms with Crippen LogP contribution in [0.25, 0.3) is 21.1 Å². The maximum atomic E-state index is 13.1. The van der Waals surface area contributed by atoms with E-state index in [0.29, 0.717) is 10.9 Å². The monoisotopic (exact) mass is 390 g/mol. The number of hydrogen-bond donors (Lipinski definition) is 0. The standard InChI is InChI=1S/C21H18N4O2S/c26-18-12-22-25(16-8-3-1-6-14(16)18)13-20(27)24-11-5-9-17(24)21-23-15-7-2-4-10-19(15)28-21/h1-4,6-8,10,12,17H,5,9,11,13H2/t17-/m0/s1. The highest BCUT2D eigenvalue weighted by Gasteiger charge is 2.32. The summed E-state index contributed by atoms with van der Waals surface area (Å²) in [5.41, 5.74) is 1.53. The summed E-state index contributed by atoms with van der Waals surface area (Å²) in [4.78, 5) is 31.8. The molecule has 1 atom stereocenters. The number of aromatic nitrogens is 3. The average Bonchev–Trinajstić information content (AvgIpc) is 3.37. The van der Waals surface area contributed by atoms with Crippen molar-refractivity contribution in [3.63, 3.8) is 0 Å². The molecule has 1 aliphatic heterocycles. The van der Waals surface area contributed by atoms with Crippen LogP contribution in [0.4, 0.5) is 0 Å². The number of carbonyl (C=O) groups is 1. The fraction of sp³-hybridized carbons (Fsp3) is 0.238. The van der Waals surface area contributed by atoms with Crippen molar-refractivity contribution in [2.24, 2.45) is 0 Å². The molecule has 0 bridgehead atoms. The van der Waals surface area contributed by atoms with E-state index in [1.54, 1.807) is 22.1 Å². The molecule has 0 spiro atoms. The van der Waals surface area contributed by atoms with Crippen LogP contribution in [0.2, 0.25) is 0 Å². The number of amides is 1. The summed E-state index contributed by atoms with van der Waals surface area (Å²) >= 11 is 1.66. The van der Waals surface area contributed by atoms with Crippen molar-refractivity contribution in [3.8, 4) is 0 Å². The van der Waals surface area contributed by atoms with Gasteiger partial charge in [-0.15, -0.1) is 11.3 Å². The lowest BCUT2D eigenvalue weighted by atomic mass is 10.2. The van der Waals surface area contributed by atoms with E-state index in [9.17, 15) is 9.59 Å². The molecule has 1 amide bonds. The van der Waals surface area contributed by atoms with E-state index in [0.717, 1.165) is 34.6 Å². The number of fused-ring (bicyclic) bond motifs is 2. The SMILES string of the molecule is O=C(Cn1ncc(=O)c2ccccc21)N1CCC[C@H]1c1nc2ccccc2s1. The highest BCUT2D eigenvalue weighted by molar-refractivity contribution is 7.18. The van der Waals surface area contributed by atoms with Gasteiger partial charge in [0.2, 0.25) is 11.3 Å². The van der Waals surface area contributed by atoms with Crippen molar-refractivity contribution >= 4 is 38.4 Å². The summed E-state index contributed by atoms with van der Waals surface area (Å²) in [6.45, 7) is 0.833. The Morgan fingerprint density at radius 3 is 2.86 bits per heavy atom. The second-order valence-corrected chi connectivity index (χ2v) is 8.01. The highest BCUT2D eigenvalue weighted by Crippen LogP contribution is 2.36. The van der Waals surface area contributed by atoms with Crippen LogP contribution in [0.1, 0.15) is 23.9 Å². The summed E-state index contributed by atoms with van der Waals surface area (Å²) in [7, 11) is 0. The molecule has 0 aliphatic carbocycles. The van der Waals surface area contributed by atoms with Crippen LogP contribution in [0.3, 0.4) is 0 Å². The molecule has 1 saturated heterocycles. The first kappa shape index (κ1) is 17.1. The van der Waals surface area contributed by atoms with Gasteiger partial charge in [-0.1, -0.05) is 24.3 Å². The molecule has 3 heterocycles. The zero-order valence-corrected chi connectivity index (χ0v) is 15.9. The summed E-state index contributed by atoms with van der Waals surface area (Å²) in [5, 5.41) is 5.76. The molecule has 0 unspecified atom stereocenters. The van der Waals surface area contributed by atoms with Crippen LogP contribution in [-0.2, 0) is 11.3 Å². The van der Waals surface area contributed by atoms with Gasteiger partial charge in [0.25, 0.3) is 0 Å². The lowest BCUT2D eigenvalue weighted by Crippen LogP contribution is -2.34.